The molecule has 2 aliphatic carbocycles. The molecule has 2 fully saturated rings. The third kappa shape index (κ3) is 3.26. The lowest BCUT2D eigenvalue weighted by atomic mass is 10.1. The fourth-order valence-electron chi connectivity index (χ4n) is 2.63. The Bertz CT molecular complexity index is 454. The maximum absolute atomic E-state index is 12.0. The molecular formula is C15H21N3O. The Morgan fingerprint density at radius 1 is 1.26 bits per heavy atom. The summed E-state index contributed by atoms with van der Waals surface area (Å²) in [5.74, 6) is 1.43. The summed E-state index contributed by atoms with van der Waals surface area (Å²) in [5, 5.41) is 6.05. The second-order valence-electron chi connectivity index (χ2n) is 5.70. The summed E-state index contributed by atoms with van der Waals surface area (Å²) in [7, 11) is 0. The molecule has 4 N–H and O–H groups in total. The van der Waals surface area contributed by atoms with E-state index in [1.54, 1.807) is 0 Å². The molecule has 4 nitrogen and oxygen atoms in total. The molecule has 0 aliphatic heterocycles. The van der Waals surface area contributed by atoms with E-state index in [-0.39, 0.29) is 6.03 Å². The Morgan fingerprint density at radius 3 is 2.53 bits per heavy atom. The maximum atomic E-state index is 12.0. The molecule has 1 aromatic rings. The summed E-state index contributed by atoms with van der Waals surface area (Å²) in [5.41, 5.74) is 7.44. The zero-order valence-corrected chi connectivity index (χ0v) is 11.1. The van der Waals surface area contributed by atoms with E-state index < -0.39 is 0 Å². The van der Waals surface area contributed by atoms with Gasteiger partial charge in [0.15, 0.2) is 0 Å². The van der Waals surface area contributed by atoms with E-state index in [4.69, 9.17) is 5.73 Å². The topological polar surface area (TPSA) is 67.1 Å². The molecular weight excluding hydrogens is 238 g/mol. The van der Waals surface area contributed by atoms with Crippen molar-refractivity contribution in [3.05, 3.63) is 29.8 Å². The van der Waals surface area contributed by atoms with E-state index in [2.05, 4.69) is 10.6 Å². The third-order valence-electron chi connectivity index (χ3n) is 3.98. The minimum atomic E-state index is -0.0852. The molecule has 0 aromatic heterocycles. The molecule has 0 unspecified atom stereocenters. The van der Waals surface area contributed by atoms with Gasteiger partial charge in [0.05, 0.1) is 0 Å². The van der Waals surface area contributed by atoms with E-state index in [0.29, 0.717) is 24.4 Å². The molecule has 2 amide bonds. The number of anilines is 1. The van der Waals surface area contributed by atoms with Gasteiger partial charge >= 0.3 is 6.03 Å². The average molecular weight is 259 g/mol. The number of hydrogen-bond acceptors (Lipinski definition) is 2. The van der Waals surface area contributed by atoms with Gasteiger partial charge in [-0.25, -0.2) is 4.79 Å². The number of nitrogens with two attached hydrogens (primary N) is 1. The van der Waals surface area contributed by atoms with Crippen LogP contribution in [-0.4, -0.2) is 12.1 Å². The van der Waals surface area contributed by atoms with Crippen molar-refractivity contribution in [2.24, 2.45) is 17.6 Å². The standard InChI is InChI=1S/C15H21N3O/c16-9-10-2-1-3-13(8-10)17-15(19)18-14(11-4-5-11)12-6-7-12/h1-3,8,11-12,14H,4-7,9,16H2,(H2,17,18,19). The van der Waals surface area contributed by atoms with Crippen molar-refractivity contribution in [2.75, 3.05) is 5.32 Å². The van der Waals surface area contributed by atoms with Crippen LogP contribution in [0.2, 0.25) is 0 Å². The fraction of sp³-hybridized carbons (Fsp3) is 0.533. The molecule has 0 spiro atoms. The van der Waals surface area contributed by atoms with Gasteiger partial charge in [-0.3, -0.25) is 0 Å². The van der Waals surface area contributed by atoms with Crippen LogP contribution >= 0.6 is 0 Å². The Balaban J connectivity index is 1.57. The summed E-state index contributed by atoms with van der Waals surface area (Å²) in [6.45, 7) is 0.490. The van der Waals surface area contributed by atoms with E-state index in [0.717, 1.165) is 11.3 Å². The van der Waals surface area contributed by atoms with Crippen LogP contribution < -0.4 is 16.4 Å². The predicted octanol–water partition coefficient (Wildman–Crippen LogP) is 2.46. The Hall–Kier alpha value is -1.55. The van der Waals surface area contributed by atoms with Crippen molar-refractivity contribution in [2.45, 2.75) is 38.3 Å². The summed E-state index contributed by atoms with van der Waals surface area (Å²) in [6.07, 6.45) is 5.07. The molecule has 4 heteroatoms. The van der Waals surface area contributed by atoms with Crippen LogP contribution in [0.15, 0.2) is 24.3 Å². The fourth-order valence-corrected chi connectivity index (χ4v) is 2.63. The van der Waals surface area contributed by atoms with E-state index in [1.807, 2.05) is 24.3 Å². The number of hydrogen-bond donors (Lipinski definition) is 3. The minimum absolute atomic E-state index is 0.0852. The summed E-state index contributed by atoms with van der Waals surface area (Å²) in [6, 6.07) is 7.98. The number of rotatable bonds is 5. The first kappa shape index (κ1) is 12.5. The van der Waals surface area contributed by atoms with Gasteiger partial charge in [0.1, 0.15) is 0 Å². The zero-order chi connectivity index (χ0) is 13.2. The molecule has 2 aliphatic rings. The van der Waals surface area contributed by atoms with Crippen molar-refractivity contribution >= 4 is 11.7 Å². The van der Waals surface area contributed by atoms with Gasteiger partial charge < -0.3 is 16.4 Å². The van der Waals surface area contributed by atoms with Gasteiger partial charge in [0, 0.05) is 18.3 Å². The molecule has 2 saturated carbocycles. The zero-order valence-electron chi connectivity index (χ0n) is 11.1. The number of nitrogens with one attached hydrogen (secondary N) is 2. The second kappa shape index (κ2) is 5.21. The number of amides is 2. The van der Waals surface area contributed by atoms with E-state index in [1.165, 1.54) is 25.7 Å². The molecule has 3 rings (SSSR count). The first-order chi connectivity index (χ1) is 9.26. The first-order valence-electron chi connectivity index (χ1n) is 7.13. The highest BCUT2D eigenvalue weighted by Crippen LogP contribution is 2.44. The van der Waals surface area contributed by atoms with Crippen LogP contribution in [-0.2, 0) is 6.54 Å². The second-order valence-corrected chi connectivity index (χ2v) is 5.70. The van der Waals surface area contributed by atoms with E-state index >= 15 is 0 Å². The molecule has 0 saturated heterocycles. The average Bonchev–Trinajstić information content (AvgIpc) is 3.29. The Labute approximate surface area is 113 Å². The number of benzene rings is 1. The van der Waals surface area contributed by atoms with Crippen molar-refractivity contribution in [1.82, 2.24) is 5.32 Å². The van der Waals surface area contributed by atoms with Crippen LogP contribution in [0.1, 0.15) is 31.2 Å². The quantitative estimate of drug-likeness (QED) is 0.760. The third-order valence-corrected chi connectivity index (χ3v) is 3.98. The lowest BCUT2D eigenvalue weighted by molar-refractivity contribution is 0.245. The molecule has 0 atom stereocenters. The molecule has 1 aromatic carbocycles. The molecule has 19 heavy (non-hydrogen) atoms. The van der Waals surface area contributed by atoms with Crippen LogP contribution in [0.5, 0.6) is 0 Å². The lowest BCUT2D eigenvalue weighted by Crippen LogP contribution is -2.40. The Morgan fingerprint density at radius 2 is 1.95 bits per heavy atom. The van der Waals surface area contributed by atoms with Gasteiger partial charge in [-0.15, -0.1) is 0 Å². The highest BCUT2D eigenvalue weighted by Gasteiger charge is 2.42. The smallest absolute Gasteiger partial charge is 0.319 e. The van der Waals surface area contributed by atoms with Crippen LogP contribution in [0.25, 0.3) is 0 Å². The molecule has 0 heterocycles. The Kier molecular flexibility index (Phi) is 3.42. The lowest BCUT2D eigenvalue weighted by Gasteiger charge is -2.18. The van der Waals surface area contributed by atoms with Gasteiger partial charge in [-0.05, 0) is 55.2 Å². The monoisotopic (exact) mass is 259 g/mol. The van der Waals surface area contributed by atoms with Crippen molar-refractivity contribution < 1.29 is 4.79 Å². The summed E-state index contributed by atoms with van der Waals surface area (Å²) < 4.78 is 0. The number of carbonyl (C=O) groups excluding carboxylic acids is 1. The molecule has 0 bridgehead atoms. The highest BCUT2D eigenvalue weighted by molar-refractivity contribution is 5.89. The minimum Gasteiger partial charge on any atom is -0.335 e. The SMILES string of the molecule is NCc1cccc(NC(=O)NC(C2CC2)C2CC2)c1. The van der Waals surface area contributed by atoms with Crippen molar-refractivity contribution in [1.29, 1.82) is 0 Å². The number of urea groups is 1. The first-order valence-corrected chi connectivity index (χ1v) is 7.13. The van der Waals surface area contributed by atoms with Gasteiger partial charge in [-0.2, -0.15) is 0 Å². The predicted molar refractivity (Wildman–Crippen MR) is 75.7 cm³/mol. The van der Waals surface area contributed by atoms with Gasteiger partial charge in [-0.1, -0.05) is 12.1 Å². The summed E-state index contributed by atoms with van der Waals surface area (Å²) in [4.78, 5) is 12.0. The highest BCUT2D eigenvalue weighted by atomic mass is 16.2. The van der Waals surface area contributed by atoms with Crippen molar-refractivity contribution in [3.63, 3.8) is 0 Å². The van der Waals surface area contributed by atoms with Crippen LogP contribution in [0, 0.1) is 11.8 Å². The van der Waals surface area contributed by atoms with Gasteiger partial charge in [0.25, 0.3) is 0 Å². The van der Waals surface area contributed by atoms with E-state index in [9.17, 15) is 4.79 Å². The number of carbonyl (C=O) groups is 1. The van der Waals surface area contributed by atoms with Crippen molar-refractivity contribution in [3.8, 4) is 0 Å². The van der Waals surface area contributed by atoms with Gasteiger partial charge in [0.2, 0.25) is 0 Å². The molecule has 102 valence electrons. The normalized spacial score (nSPS) is 18.4. The van der Waals surface area contributed by atoms with Crippen LogP contribution in [0.3, 0.4) is 0 Å². The largest absolute Gasteiger partial charge is 0.335 e. The maximum Gasteiger partial charge on any atom is 0.319 e. The summed E-state index contributed by atoms with van der Waals surface area (Å²) >= 11 is 0. The molecule has 0 radical (unpaired) electrons. The van der Waals surface area contributed by atoms with Crippen LogP contribution in [0.4, 0.5) is 10.5 Å².